The summed E-state index contributed by atoms with van der Waals surface area (Å²) >= 11 is 3.18. The van der Waals surface area contributed by atoms with Crippen molar-refractivity contribution in [3.63, 3.8) is 0 Å². The minimum atomic E-state index is -0.390. The lowest BCUT2D eigenvalue weighted by Crippen LogP contribution is -1.95. The van der Waals surface area contributed by atoms with Crippen LogP contribution in [0, 0.1) is 5.82 Å². The van der Waals surface area contributed by atoms with Crippen molar-refractivity contribution < 1.29 is 9.13 Å². The number of ether oxygens (including phenoxy) is 1. The molecule has 0 saturated heterocycles. The number of hydrogen-bond acceptors (Lipinski definition) is 3. The molecule has 0 unspecified atom stereocenters. The Morgan fingerprint density at radius 3 is 2.82 bits per heavy atom. The van der Waals surface area contributed by atoms with Crippen LogP contribution in [0.15, 0.2) is 35.2 Å². The third-order valence-electron chi connectivity index (χ3n) is 2.15. The van der Waals surface area contributed by atoms with Gasteiger partial charge in [-0.25, -0.2) is 14.4 Å². The molecule has 1 heterocycles. The number of benzene rings is 1. The summed E-state index contributed by atoms with van der Waals surface area (Å²) in [6.07, 6.45) is 1.61. The van der Waals surface area contributed by atoms with Gasteiger partial charge >= 0.3 is 0 Å². The molecule has 2 rings (SSSR count). The van der Waals surface area contributed by atoms with Crippen LogP contribution in [-0.4, -0.2) is 16.6 Å². The molecular weight excluding hydrogens is 287 g/mol. The Morgan fingerprint density at radius 1 is 1.35 bits per heavy atom. The Balaban J connectivity index is 2.37. The summed E-state index contributed by atoms with van der Waals surface area (Å²) in [5.74, 6) is -0.136. The zero-order valence-corrected chi connectivity index (χ0v) is 10.7. The van der Waals surface area contributed by atoms with Crippen LogP contribution in [0.5, 0.6) is 5.75 Å². The standard InChI is InChI=1S/C12H10BrFN2O/c1-2-17-11-4-3-8(7-9(11)14)10-5-6-15-12(13)16-10/h3-7H,2H2,1H3. The normalized spacial score (nSPS) is 10.3. The maximum atomic E-state index is 13.6. The Kier molecular flexibility index (Phi) is 3.68. The highest BCUT2D eigenvalue weighted by molar-refractivity contribution is 9.10. The second-order valence-corrected chi connectivity index (χ2v) is 4.00. The van der Waals surface area contributed by atoms with Crippen LogP contribution in [0.2, 0.25) is 0 Å². The zero-order chi connectivity index (χ0) is 12.3. The van der Waals surface area contributed by atoms with Gasteiger partial charge in [-0.1, -0.05) is 0 Å². The first-order chi connectivity index (χ1) is 8.20. The number of rotatable bonds is 3. The van der Waals surface area contributed by atoms with E-state index in [-0.39, 0.29) is 11.6 Å². The van der Waals surface area contributed by atoms with Gasteiger partial charge in [-0.05, 0) is 47.1 Å². The van der Waals surface area contributed by atoms with Gasteiger partial charge in [0.05, 0.1) is 12.3 Å². The monoisotopic (exact) mass is 296 g/mol. The first-order valence-electron chi connectivity index (χ1n) is 5.12. The molecule has 0 aliphatic carbocycles. The van der Waals surface area contributed by atoms with Gasteiger partial charge in [0.15, 0.2) is 16.3 Å². The van der Waals surface area contributed by atoms with Crippen molar-refractivity contribution in [2.75, 3.05) is 6.61 Å². The van der Waals surface area contributed by atoms with Gasteiger partial charge in [-0.3, -0.25) is 0 Å². The molecule has 0 aliphatic rings. The van der Waals surface area contributed by atoms with Crippen molar-refractivity contribution in [2.24, 2.45) is 0 Å². The Labute approximate surface area is 107 Å². The fourth-order valence-corrected chi connectivity index (χ4v) is 1.74. The number of halogens is 2. The zero-order valence-electron chi connectivity index (χ0n) is 9.15. The first-order valence-corrected chi connectivity index (χ1v) is 5.91. The lowest BCUT2D eigenvalue weighted by atomic mass is 10.1. The molecule has 0 aliphatic heterocycles. The van der Waals surface area contributed by atoms with Crippen LogP contribution in [-0.2, 0) is 0 Å². The maximum absolute atomic E-state index is 13.6. The molecule has 0 fully saturated rings. The van der Waals surface area contributed by atoms with E-state index in [1.807, 2.05) is 6.92 Å². The van der Waals surface area contributed by atoms with E-state index < -0.39 is 0 Å². The van der Waals surface area contributed by atoms with Gasteiger partial charge in [0, 0.05) is 11.8 Å². The Hall–Kier alpha value is -1.49. The molecule has 88 valence electrons. The molecule has 0 saturated carbocycles. The quantitative estimate of drug-likeness (QED) is 0.814. The molecule has 0 spiro atoms. The molecule has 3 nitrogen and oxygen atoms in total. The average molecular weight is 297 g/mol. The fourth-order valence-electron chi connectivity index (χ4n) is 1.43. The van der Waals surface area contributed by atoms with Crippen molar-refractivity contribution in [2.45, 2.75) is 6.92 Å². The molecule has 2 aromatic rings. The second kappa shape index (κ2) is 5.23. The molecule has 17 heavy (non-hydrogen) atoms. The van der Waals surface area contributed by atoms with Crippen molar-refractivity contribution in [3.05, 3.63) is 41.0 Å². The highest BCUT2D eigenvalue weighted by Crippen LogP contribution is 2.24. The minimum Gasteiger partial charge on any atom is -0.491 e. The first kappa shape index (κ1) is 12.0. The minimum absolute atomic E-state index is 0.254. The molecule has 1 aromatic heterocycles. The predicted octanol–water partition coefficient (Wildman–Crippen LogP) is 3.44. The third-order valence-corrected chi connectivity index (χ3v) is 2.54. The van der Waals surface area contributed by atoms with Crippen molar-refractivity contribution in [3.8, 4) is 17.0 Å². The van der Waals surface area contributed by atoms with Gasteiger partial charge in [0.25, 0.3) is 0 Å². The van der Waals surface area contributed by atoms with Gasteiger partial charge < -0.3 is 4.74 Å². The largest absolute Gasteiger partial charge is 0.491 e. The lowest BCUT2D eigenvalue weighted by Gasteiger charge is -2.06. The summed E-state index contributed by atoms with van der Waals surface area (Å²) in [4.78, 5) is 8.08. The highest BCUT2D eigenvalue weighted by Gasteiger charge is 2.07. The summed E-state index contributed by atoms with van der Waals surface area (Å²) in [6, 6.07) is 6.49. The van der Waals surface area contributed by atoms with Crippen LogP contribution in [0.1, 0.15) is 6.92 Å². The molecule has 0 amide bonds. The van der Waals surface area contributed by atoms with E-state index in [1.165, 1.54) is 6.07 Å². The molecule has 0 bridgehead atoms. The van der Waals surface area contributed by atoms with Gasteiger partial charge in [0.1, 0.15) is 0 Å². The molecule has 1 aromatic carbocycles. The third kappa shape index (κ3) is 2.79. The van der Waals surface area contributed by atoms with Gasteiger partial charge in [0.2, 0.25) is 0 Å². The Bertz CT molecular complexity index is 534. The van der Waals surface area contributed by atoms with Crippen molar-refractivity contribution in [1.82, 2.24) is 9.97 Å². The summed E-state index contributed by atoms with van der Waals surface area (Å²) in [5.41, 5.74) is 1.35. The predicted molar refractivity (Wildman–Crippen MR) is 66.3 cm³/mol. The lowest BCUT2D eigenvalue weighted by molar-refractivity contribution is 0.321. The van der Waals surface area contributed by atoms with Crippen LogP contribution >= 0.6 is 15.9 Å². The summed E-state index contributed by atoms with van der Waals surface area (Å²) in [7, 11) is 0. The summed E-state index contributed by atoms with van der Waals surface area (Å²) in [5, 5.41) is 0. The van der Waals surface area contributed by atoms with E-state index in [0.29, 0.717) is 22.6 Å². The van der Waals surface area contributed by atoms with Gasteiger partial charge in [-0.2, -0.15) is 0 Å². The average Bonchev–Trinajstić information content (AvgIpc) is 2.32. The molecule has 0 radical (unpaired) electrons. The summed E-state index contributed by atoms with van der Waals surface area (Å²) < 4.78 is 19.3. The number of nitrogens with zero attached hydrogens (tertiary/aromatic N) is 2. The van der Waals surface area contributed by atoms with Crippen molar-refractivity contribution in [1.29, 1.82) is 0 Å². The van der Waals surface area contributed by atoms with E-state index in [1.54, 1.807) is 24.4 Å². The Morgan fingerprint density at radius 2 is 2.18 bits per heavy atom. The van der Waals surface area contributed by atoms with E-state index in [9.17, 15) is 4.39 Å². The van der Waals surface area contributed by atoms with Crippen LogP contribution < -0.4 is 4.74 Å². The van der Waals surface area contributed by atoms with Crippen LogP contribution in [0.25, 0.3) is 11.3 Å². The smallest absolute Gasteiger partial charge is 0.197 e. The molecule has 5 heteroatoms. The molecular formula is C12H10BrFN2O. The molecule has 0 atom stereocenters. The summed E-state index contributed by atoms with van der Waals surface area (Å²) in [6.45, 7) is 2.25. The number of aromatic nitrogens is 2. The SMILES string of the molecule is CCOc1ccc(-c2ccnc(Br)n2)cc1F. The second-order valence-electron chi connectivity index (χ2n) is 3.29. The topological polar surface area (TPSA) is 35.0 Å². The van der Waals surface area contributed by atoms with Gasteiger partial charge in [-0.15, -0.1) is 0 Å². The highest BCUT2D eigenvalue weighted by atomic mass is 79.9. The van der Waals surface area contributed by atoms with Crippen molar-refractivity contribution >= 4 is 15.9 Å². The van der Waals surface area contributed by atoms with Crippen LogP contribution in [0.3, 0.4) is 0 Å². The van der Waals surface area contributed by atoms with E-state index in [4.69, 9.17) is 4.74 Å². The molecule has 0 N–H and O–H groups in total. The van der Waals surface area contributed by atoms with E-state index >= 15 is 0 Å². The number of hydrogen-bond donors (Lipinski definition) is 0. The van der Waals surface area contributed by atoms with Crippen LogP contribution in [0.4, 0.5) is 4.39 Å². The fraction of sp³-hybridized carbons (Fsp3) is 0.167. The maximum Gasteiger partial charge on any atom is 0.197 e. The van der Waals surface area contributed by atoms with E-state index in [2.05, 4.69) is 25.9 Å². The van der Waals surface area contributed by atoms with E-state index in [0.717, 1.165) is 0 Å².